The number of rotatable bonds is 4. The van der Waals surface area contributed by atoms with Crippen LogP contribution in [0.1, 0.15) is 31.3 Å². The Labute approximate surface area is 145 Å². The molecule has 2 aromatic carbocycles. The molecule has 128 valence electrons. The number of carbonyl (C=O) groups excluding carboxylic acids is 2. The molecule has 3 rings (SSSR count). The van der Waals surface area contributed by atoms with Crippen LogP contribution < -0.4 is 4.74 Å². The van der Waals surface area contributed by atoms with Crippen molar-refractivity contribution >= 4 is 18.0 Å². The lowest BCUT2D eigenvalue weighted by Crippen LogP contribution is -2.29. The molecular formula is C20H18O5. The van der Waals surface area contributed by atoms with E-state index in [1.165, 1.54) is 6.08 Å². The first kappa shape index (κ1) is 16.8. The summed E-state index contributed by atoms with van der Waals surface area (Å²) in [6.07, 6.45) is 0.451. The molecule has 25 heavy (non-hydrogen) atoms. The number of cyclic esters (lactones) is 2. The first-order valence-corrected chi connectivity index (χ1v) is 7.98. The fourth-order valence-corrected chi connectivity index (χ4v) is 2.41. The summed E-state index contributed by atoms with van der Waals surface area (Å²) in [6, 6.07) is 16.0. The Morgan fingerprint density at radius 1 is 0.960 bits per heavy atom. The molecule has 0 amide bonds. The van der Waals surface area contributed by atoms with Crippen molar-refractivity contribution in [3.05, 3.63) is 71.3 Å². The molecule has 0 aliphatic carbocycles. The third-order valence-corrected chi connectivity index (χ3v) is 3.48. The molecule has 1 saturated heterocycles. The molecule has 1 heterocycles. The monoisotopic (exact) mass is 338 g/mol. The smallest absolute Gasteiger partial charge is 0.348 e. The lowest BCUT2D eigenvalue weighted by Gasteiger charge is -2.24. The maximum absolute atomic E-state index is 12.2. The van der Waals surface area contributed by atoms with E-state index in [1.807, 2.05) is 26.0 Å². The highest BCUT2D eigenvalue weighted by Crippen LogP contribution is 2.28. The lowest BCUT2D eigenvalue weighted by molar-refractivity contribution is -0.195. The SMILES string of the molecule is CC(C)Oc1cccc(C=C2C(=O)OC(c3ccccc3)OC2=O)c1. The fraction of sp³-hybridized carbons (Fsp3) is 0.200. The summed E-state index contributed by atoms with van der Waals surface area (Å²) in [5, 5.41) is 0. The van der Waals surface area contributed by atoms with E-state index in [1.54, 1.807) is 42.5 Å². The molecule has 0 atom stereocenters. The van der Waals surface area contributed by atoms with Gasteiger partial charge in [-0.15, -0.1) is 0 Å². The van der Waals surface area contributed by atoms with Gasteiger partial charge in [0.2, 0.25) is 0 Å². The highest BCUT2D eigenvalue weighted by Gasteiger charge is 2.34. The summed E-state index contributed by atoms with van der Waals surface area (Å²) >= 11 is 0. The maximum atomic E-state index is 12.2. The molecule has 0 bridgehead atoms. The Morgan fingerprint density at radius 3 is 2.28 bits per heavy atom. The zero-order chi connectivity index (χ0) is 17.8. The normalized spacial score (nSPS) is 17.1. The molecule has 5 nitrogen and oxygen atoms in total. The van der Waals surface area contributed by atoms with Gasteiger partial charge >= 0.3 is 11.9 Å². The number of benzene rings is 2. The van der Waals surface area contributed by atoms with Crippen molar-refractivity contribution in [2.24, 2.45) is 0 Å². The van der Waals surface area contributed by atoms with Gasteiger partial charge in [0, 0.05) is 5.56 Å². The Balaban J connectivity index is 1.81. The van der Waals surface area contributed by atoms with Gasteiger partial charge < -0.3 is 14.2 Å². The third-order valence-electron chi connectivity index (χ3n) is 3.48. The summed E-state index contributed by atoms with van der Waals surface area (Å²) < 4.78 is 16.1. The molecule has 0 N–H and O–H groups in total. The van der Waals surface area contributed by atoms with Crippen LogP contribution in [0.3, 0.4) is 0 Å². The highest BCUT2D eigenvalue weighted by molar-refractivity contribution is 6.18. The van der Waals surface area contributed by atoms with Crippen LogP contribution in [0.5, 0.6) is 5.75 Å². The Kier molecular flexibility index (Phi) is 4.84. The van der Waals surface area contributed by atoms with Crippen molar-refractivity contribution in [1.82, 2.24) is 0 Å². The van der Waals surface area contributed by atoms with Crippen molar-refractivity contribution < 1.29 is 23.8 Å². The Morgan fingerprint density at radius 2 is 1.64 bits per heavy atom. The van der Waals surface area contributed by atoms with E-state index >= 15 is 0 Å². The minimum absolute atomic E-state index is 0.0270. The number of esters is 2. The second-order valence-corrected chi connectivity index (χ2v) is 5.85. The van der Waals surface area contributed by atoms with Crippen LogP contribution in [0.25, 0.3) is 6.08 Å². The zero-order valence-corrected chi connectivity index (χ0v) is 14.0. The average Bonchev–Trinajstić information content (AvgIpc) is 2.58. The predicted octanol–water partition coefficient (Wildman–Crippen LogP) is 3.66. The van der Waals surface area contributed by atoms with E-state index in [4.69, 9.17) is 14.2 Å². The van der Waals surface area contributed by atoms with Gasteiger partial charge in [-0.1, -0.05) is 42.5 Å². The van der Waals surface area contributed by atoms with Gasteiger partial charge in [0.1, 0.15) is 11.3 Å². The van der Waals surface area contributed by atoms with Crippen LogP contribution in [0.15, 0.2) is 60.2 Å². The van der Waals surface area contributed by atoms with Crippen molar-refractivity contribution in [3.63, 3.8) is 0 Å². The van der Waals surface area contributed by atoms with Gasteiger partial charge in [-0.05, 0) is 37.6 Å². The van der Waals surface area contributed by atoms with Crippen LogP contribution in [0.4, 0.5) is 0 Å². The van der Waals surface area contributed by atoms with E-state index < -0.39 is 18.2 Å². The lowest BCUT2D eigenvalue weighted by atomic mass is 10.1. The van der Waals surface area contributed by atoms with Crippen molar-refractivity contribution in [3.8, 4) is 5.75 Å². The predicted molar refractivity (Wildman–Crippen MR) is 91.6 cm³/mol. The van der Waals surface area contributed by atoms with E-state index in [0.717, 1.165) is 0 Å². The van der Waals surface area contributed by atoms with Crippen molar-refractivity contribution in [1.29, 1.82) is 0 Å². The summed E-state index contributed by atoms with van der Waals surface area (Å²) in [6.45, 7) is 3.84. The number of ether oxygens (including phenoxy) is 3. The van der Waals surface area contributed by atoms with Gasteiger partial charge in [0.25, 0.3) is 6.29 Å². The average molecular weight is 338 g/mol. The van der Waals surface area contributed by atoms with Gasteiger partial charge in [-0.25, -0.2) is 9.59 Å². The van der Waals surface area contributed by atoms with Gasteiger partial charge in [-0.2, -0.15) is 0 Å². The first-order valence-electron chi connectivity index (χ1n) is 7.98. The Hall–Kier alpha value is -3.08. The van der Waals surface area contributed by atoms with Crippen molar-refractivity contribution in [2.75, 3.05) is 0 Å². The van der Waals surface area contributed by atoms with Gasteiger partial charge in [0.05, 0.1) is 6.10 Å². The molecule has 1 aliphatic heterocycles. The quantitative estimate of drug-likeness (QED) is 0.484. The second kappa shape index (κ2) is 7.21. The molecule has 0 aromatic heterocycles. The Bertz CT molecular complexity index is 788. The van der Waals surface area contributed by atoms with Crippen molar-refractivity contribution in [2.45, 2.75) is 26.2 Å². The minimum atomic E-state index is -1.02. The largest absolute Gasteiger partial charge is 0.491 e. The maximum Gasteiger partial charge on any atom is 0.348 e. The first-order chi connectivity index (χ1) is 12.0. The van der Waals surface area contributed by atoms with Crippen LogP contribution in [0.2, 0.25) is 0 Å². The van der Waals surface area contributed by atoms with E-state index in [2.05, 4.69) is 0 Å². The molecule has 5 heteroatoms. The molecule has 0 unspecified atom stereocenters. The third kappa shape index (κ3) is 4.07. The molecular weight excluding hydrogens is 320 g/mol. The molecule has 1 fully saturated rings. The molecule has 2 aromatic rings. The molecule has 0 radical (unpaired) electrons. The summed E-state index contributed by atoms with van der Waals surface area (Å²) in [7, 11) is 0. The minimum Gasteiger partial charge on any atom is -0.491 e. The van der Waals surface area contributed by atoms with Crippen LogP contribution in [-0.2, 0) is 19.1 Å². The zero-order valence-electron chi connectivity index (χ0n) is 14.0. The molecule has 0 saturated carbocycles. The van der Waals surface area contributed by atoms with E-state index in [-0.39, 0.29) is 11.7 Å². The number of hydrogen-bond donors (Lipinski definition) is 0. The van der Waals surface area contributed by atoms with Gasteiger partial charge in [0.15, 0.2) is 0 Å². The summed E-state index contributed by atoms with van der Waals surface area (Å²) in [4.78, 5) is 24.5. The standard InChI is InChI=1S/C20H18O5/c1-13(2)23-16-10-6-7-14(11-16)12-17-18(21)24-20(25-19(17)22)15-8-4-3-5-9-15/h3-13,20H,1-2H3. The fourth-order valence-electron chi connectivity index (χ4n) is 2.41. The molecule has 0 spiro atoms. The summed E-state index contributed by atoms with van der Waals surface area (Å²) in [5.74, 6) is -0.760. The second-order valence-electron chi connectivity index (χ2n) is 5.85. The topological polar surface area (TPSA) is 61.8 Å². The van der Waals surface area contributed by atoms with Crippen LogP contribution >= 0.6 is 0 Å². The molecule has 1 aliphatic rings. The summed E-state index contributed by atoms with van der Waals surface area (Å²) in [5.41, 5.74) is 1.12. The van der Waals surface area contributed by atoms with E-state index in [0.29, 0.717) is 16.9 Å². The number of hydrogen-bond acceptors (Lipinski definition) is 5. The van der Waals surface area contributed by atoms with E-state index in [9.17, 15) is 9.59 Å². The number of carbonyl (C=O) groups is 2. The van der Waals surface area contributed by atoms with Crippen LogP contribution in [0, 0.1) is 0 Å². The van der Waals surface area contributed by atoms with Gasteiger partial charge in [-0.3, -0.25) is 0 Å². The highest BCUT2D eigenvalue weighted by atomic mass is 16.7. The van der Waals surface area contributed by atoms with Crippen LogP contribution in [-0.4, -0.2) is 18.0 Å².